The third-order valence-electron chi connectivity index (χ3n) is 2.31. The van der Waals surface area contributed by atoms with Gasteiger partial charge in [-0.1, -0.05) is 0 Å². The quantitative estimate of drug-likeness (QED) is 0.622. The van der Waals surface area contributed by atoms with Crippen LogP contribution in [0.2, 0.25) is 0 Å². The van der Waals surface area contributed by atoms with Crippen molar-refractivity contribution >= 4 is 0 Å². The zero-order valence-electron chi connectivity index (χ0n) is 7.83. The van der Waals surface area contributed by atoms with Gasteiger partial charge in [-0.25, -0.2) is 0 Å². The fraction of sp³-hybridized carbons (Fsp3) is 1.00. The summed E-state index contributed by atoms with van der Waals surface area (Å²) in [5, 5.41) is 8.51. The molecule has 1 fully saturated rings. The Morgan fingerprint density at radius 3 is 3.08 bits per heavy atom. The van der Waals surface area contributed by atoms with Crippen LogP contribution in [0.25, 0.3) is 0 Å². The highest BCUT2D eigenvalue weighted by Crippen LogP contribution is 2.14. The monoisotopic (exact) mass is 173 g/mol. The number of ether oxygens (including phenoxy) is 1. The molecule has 0 aromatic heterocycles. The molecule has 1 rings (SSSR count). The van der Waals surface area contributed by atoms with E-state index in [1.54, 1.807) is 0 Å². The first-order chi connectivity index (χ1) is 5.83. The van der Waals surface area contributed by atoms with Gasteiger partial charge in [-0.15, -0.1) is 0 Å². The zero-order valence-corrected chi connectivity index (χ0v) is 7.83. The fourth-order valence-electron chi connectivity index (χ4n) is 1.72. The van der Waals surface area contributed by atoms with Crippen LogP contribution in [0, 0.1) is 5.92 Å². The third kappa shape index (κ3) is 3.52. The molecule has 0 spiro atoms. The van der Waals surface area contributed by atoms with Crippen LogP contribution in [-0.2, 0) is 4.74 Å². The fourth-order valence-corrected chi connectivity index (χ4v) is 1.72. The Morgan fingerprint density at radius 2 is 2.42 bits per heavy atom. The molecule has 3 nitrogen and oxygen atoms in total. The summed E-state index contributed by atoms with van der Waals surface area (Å²) in [5.74, 6) is 0.676. The molecule has 1 atom stereocenters. The normalized spacial score (nSPS) is 26.0. The first kappa shape index (κ1) is 9.96. The molecule has 1 aliphatic heterocycles. The molecule has 0 aromatic carbocycles. The van der Waals surface area contributed by atoms with Crippen molar-refractivity contribution in [3.05, 3.63) is 0 Å². The van der Waals surface area contributed by atoms with Gasteiger partial charge in [-0.3, -0.25) is 0 Å². The number of piperidine rings is 1. The van der Waals surface area contributed by atoms with Crippen molar-refractivity contribution in [2.75, 3.05) is 40.0 Å². The lowest BCUT2D eigenvalue weighted by Gasteiger charge is -2.29. The Bertz CT molecular complexity index is 119. The molecular weight excluding hydrogens is 154 g/mol. The number of hydrogen-bond acceptors (Lipinski definition) is 3. The molecule has 0 aromatic rings. The highest BCUT2D eigenvalue weighted by atomic mass is 16.5. The summed E-state index contributed by atoms with van der Waals surface area (Å²) in [6.45, 7) is 3.80. The van der Waals surface area contributed by atoms with Gasteiger partial charge in [0.2, 0.25) is 0 Å². The second-order valence-corrected chi connectivity index (χ2v) is 3.57. The lowest BCUT2D eigenvalue weighted by Crippen LogP contribution is -2.34. The van der Waals surface area contributed by atoms with Crippen molar-refractivity contribution < 1.29 is 9.84 Å². The summed E-state index contributed by atoms with van der Waals surface area (Å²) < 4.78 is 5.29. The Labute approximate surface area is 74.3 Å². The summed E-state index contributed by atoms with van der Waals surface area (Å²) in [4.78, 5) is 2.34. The highest BCUT2D eigenvalue weighted by molar-refractivity contribution is 4.69. The second kappa shape index (κ2) is 5.51. The topological polar surface area (TPSA) is 32.7 Å². The zero-order chi connectivity index (χ0) is 8.81. The smallest absolute Gasteiger partial charge is 0.0697 e. The lowest BCUT2D eigenvalue weighted by molar-refractivity contribution is 0.0462. The molecule has 1 N–H and O–H groups in total. The Hall–Kier alpha value is -0.120. The van der Waals surface area contributed by atoms with E-state index in [-0.39, 0.29) is 6.61 Å². The maximum absolute atomic E-state index is 8.51. The first-order valence-electron chi connectivity index (χ1n) is 4.70. The average molecular weight is 173 g/mol. The number of aliphatic hydroxyl groups is 1. The van der Waals surface area contributed by atoms with Crippen LogP contribution < -0.4 is 0 Å². The van der Waals surface area contributed by atoms with Crippen molar-refractivity contribution in [2.24, 2.45) is 5.92 Å². The van der Waals surface area contributed by atoms with Crippen LogP contribution in [0.3, 0.4) is 0 Å². The van der Waals surface area contributed by atoms with E-state index < -0.39 is 0 Å². The van der Waals surface area contributed by atoms with Crippen LogP contribution in [0.15, 0.2) is 0 Å². The van der Waals surface area contributed by atoms with Crippen LogP contribution >= 0.6 is 0 Å². The van der Waals surface area contributed by atoms with Gasteiger partial charge in [0, 0.05) is 6.54 Å². The van der Waals surface area contributed by atoms with Gasteiger partial charge >= 0.3 is 0 Å². The van der Waals surface area contributed by atoms with Crippen molar-refractivity contribution in [1.29, 1.82) is 0 Å². The average Bonchev–Trinajstić information content (AvgIpc) is 2.05. The number of nitrogens with zero attached hydrogens (tertiary/aromatic N) is 1. The van der Waals surface area contributed by atoms with E-state index >= 15 is 0 Å². The Morgan fingerprint density at radius 1 is 1.58 bits per heavy atom. The molecule has 1 saturated heterocycles. The minimum absolute atomic E-state index is 0.141. The van der Waals surface area contributed by atoms with E-state index in [1.165, 1.54) is 19.4 Å². The van der Waals surface area contributed by atoms with E-state index in [1.807, 2.05) is 0 Å². The predicted molar refractivity (Wildman–Crippen MR) is 48.1 cm³/mol. The minimum Gasteiger partial charge on any atom is -0.394 e. The van der Waals surface area contributed by atoms with Crippen LogP contribution in [0.1, 0.15) is 12.8 Å². The van der Waals surface area contributed by atoms with E-state index in [2.05, 4.69) is 11.9 Å². The van der Waals surface area contributed by atoms with Gasteiger partial charge in [0.05, 0.1) is 19.8 Å². The molecule has 72 valence electrons. The minimum atomic E-state index is 0.141. The number of rotatable bonds is 4. The molecular formula is C9H19NO2. The summed E-state index contributed by atoms with van der Waals surface area (Å²) in [6, 6.07) is 0. The summed E-state index contributed by atoms with van der Waals surface area (Å²) in [5.41, 5.74) is 0. The molecule has 1 aliphatic rings. The highest BCUT2D eigenvalue weighted by Gasteiger charge is 2.16. The van der Waals surface area contributed by atoms with Crippen molar-refractivity contribution in [2.45, 2.75) is 12.8 Å². The van der Waals surface area contributed by atoms with Gasteiger partial charge < -0.3 is 14.7 Å². The molecule has 0 bridgehead atoms. The molecule has 0 radical (unpaired) electrons. The maximum atomic E-state index is 8.51. The molecule has 3 heteroatoms. The van der Waals surface area contributed by atoms with E-state index in [4.69, 9.17) is 9.84 Å². The number of hydrogen-bond donors (Lipinski definition) is 1. The van der Waals surface area contributed by atoms with Crippen molar-refractivity contribution in [1.82, 2.24) is 4.90 Å². The maximum Gasteiger partial charge on any atom is 0.0697 e. The summed E-state index contributed by atoms with van der Waals surface area (Å²) in [7, 11) is 2.15. The Balaban J connectivity index is 2.06. The van der Waals surface area contributed by atoms with Crippen LogP contribution in [0.5, 0.6) is 0 Å². The standard InChI is InChI=1S/C9H19NO2/c1-10-4-2-3-9(7-10)8-12-6-5-11/h9,11H,2-8H2,1H3/t9-/m1/s1. The second-order valence-electron chi connectivity index (χ2n) is 3.57. The first-order valence-corrected chi connectivity index (χ1v) is 4.70. The van der Waals surface area contributed by atoms with E-state index in [0.29, 0.717) is 12.5 Å². The van der Waals surface area contributed by atoms with Gasteiger partial charge in [0.1, 0.15) is 0 Å². The lowest BCUT2D eigenvalue weighted by atomic mass is 10.00. The van der Waals surface area contributed by atoms with E-state index in [0.717, 1.165) is 13.2 Å². The molecule has 0 unspecified atom stereocenters. The SMILES string of the molecule is CN1CCC[C@@H](COCCO)C1. The van der Waals surface area contributed by atoms with Gasteiger partial charge in [0.25, 0.3) is 0 Å². The summed E-state index contributed by atoms with van der Waals surface area (Å²) in [6.07, 6.45) is 2.55. The molecule has 1 heterocycles. The molecule has 0 saturated carbocycles. The van der Waals surface area contributed by atoms with Gasteiger partial charge in [-0.05, 0) is 32.4 Å². The van der Waals surface area contributed by atoms with Gasteiger partial charge in [0.15, 0.2) is 0 Å². The molecule has 12 heavy (non-hydrogen) atoms. The summed E-state index contributed by atoms with van der Waals surface area (Å²) >= 11 is 0. The molecule has 0 amide bonds. The Kier molecular flexibility index (Phi) is 4.58. The van der Waals surface area contributed by atoms with Gasteiger partial charge in [-0.2, -0.15) is 0 Å². The van der Waals surface area contributed by atoms with Crippen molar-refractivity contribution in [3.63, 3.8) is 0 Å². The van der Waals surface area contributed by atoms with Crippen molar-refractivity contribution in [3.8, 4) is 0 Å². The van der Waals surface area contributed by atoms with Crippen LogP contribution in [0.4, 0.5) is 0 Å². The van der Waals surface area contributed by atoms with Crippen LogP contribution in [-0.4, -0.2) is 50.0 Å². The number of aliphatic hydroxyl groups excluding tert-OH is 1. The third-order valence-corrected chi connectivity index (χ3v) is 2.31. The largest absolute Gasteiger partial charge is 0.394 e. The van der Waals surface area contributed by atoms with E-state index in [9.17, 15) is 0 Å². The number of likely N-dealkylation sites (tertiary alicyclic amines) is 1. The predicted octanol–water partition coefficient (Wildman–Crippen LogP) is 0.337. The molecule has 0 aliphatic carbocycles.